The number of amides is 1. The Kier molecular flexibility index (Phi) is 5.52. The van der Waals surface area contributed by atoms with Crippen molar-refractivity contribution in [1.82, 2.24) is 10.2 Å². The van der Waals surface area contributed by atoms with Crippen LogP contribution in [0.25, 0.3) is 0 Å². The third kappa shape index (κ3) is 4.96. The van der Waals surface area contributed by atoms with E-state index in [1.807, 2.05) is 0 Å². The van der Waals surface area contributed by atoms with Crippen molar-refractivity contribution in [2.24, 2.45) is 17.8 Å². The Morgan fingerprint density at radius 1 is 1.00 bits per heavy atom. The number of hydrogen-bond donors (Lipinski definition) is 1. The van der Waals surface area contributed by atoms with Gasteiger partial charge in [0.05, 0.1) is 0 Å². The lowest BCUT2D eigenvalue weighted by Gasteiger charge is -2.23. The van der Waals surface area contributed by atoms with Gasteiger partial charge >= 0.3 is 0 Å². The highest BCUT2D eigenvalue weighted by Gasteiger charge is 2.31. The van der Waals surface area contributed by atoms with Crippen molar-refractivity contribution < 1.29 is 4.79 Å². The highest BCUT2D eigenvalue weighted by molar-refractivity contribution is 5.85. The number of halogens is 1. The van der Waals surface area contributed by atoms with Gasteiger partial charge in [0.25, 0.3) is 0 Å². The van der Waals surface area contributed by atoms with Gasteiger partial charge < -0.3 is 10.2 Å². The molecule has 2 saturated carbocycles. The first kappa shape index (κ1) is 15.1. The maximum atomic E-state index is 12.3. The van der Waals surface area contributed by atoms with E-state index in [1.165, 1.54) is 32.1 Å². The third-order valence-electron chi connectivity index (χ3n) is 4.63. The predicted molar refractivity (Wildman–Crippen MR) is 79.5 cm³/mol. The molecule has 3 fully saturated rings. The number of nitrogens with zero attached hydrogens (tertiary/aromatic N) is 1. The molecule has 110 valence electrons. The Morgan fingerprint density at radius 3 is 2.11 bits per heavy atom. The Bertz CT molecular complexity index is 283. The maximum absolute atomic E-state index is 12.3. The number of carbonyl (C=O) groups excluding carboxylic acids is 1. The van der Waals surface area contributed by atoms with Crippen LogP contribution in [0.2, 0.25) is 0 Å². The largest absolute Gasteiger partial charge is 0.342 e. The van der Waals surface area contributed by atoms with Crippen LogP contribution in [-0.2, 0) is 4.79 Å². The van der Waals surface area contributed by atoms with Crippen LogP contribution in [0.4, 0.5) is 0 Å². The van der Waals surface area contributed by atoms with E-state index in [9.17, 15) is 4.79 Å². The molecule has 2 aliphatic carbocycles. The summed E-state index contributed by atoms with van der Waals surface area (Å²) in [6.07, 6.45) is 8.53. The molecule has 0 spiro atoms. The second-order valence-electron chi connectivity index (χ2n) is 6.58. The van der Waals surface area contributed by atoms with Crippen molar-refractivity contribution in [3.63, 3.8) is 0 Å². The molecule has 1 atom stereocenters. The Morgan fingerprint density at radius 2 is 1.63 bits per heavy atom. The Balaban J connectivity index is 0.00000133. The van der Waals surface area contributed by atoms with Crippen molar-refractivity contribution in [3.05, 3.63) is 0 Å². The van der Waals surface area contributed by atoms with E-state index >= 15 is 0 Å². The zero-order valence-corrected chi connectivity index (χ0v) is 12.6. The molecule has 3 nitrogen and oxygen atoms in total. The van der Waals surface area contributed by atoms with Crippen molar-refractivity contribution in [2.75, 3.05) is 26.2 Å². The first-order valence-electron chi connectivity index (χ1n) is 7.80. The minimum absolute atomic E-state index is 0. The molecule has 19 heavy (non-hydrogen) atoms. The van der Waals surface area contributed by atoms with Crippen LogP contribution in [0.3, 0.4) is 0 Å². The van der Waals surface area contributed by atoms with E-state index < -0.39 is 0 Å². The minimum Gasteiger partial charge on any atom is -0.342 e. The minimum atomic E-state index is 0. The molecule has 1 amide bonds. The normalized spacial score (nSPS) is 26.0. The van der Waals surface area contributed by atoms with E-state index in [-0.39, 0.29) is 12.4 Å². The molecule has 4 heteroatoms. The van der Waals surface area contributed by atoms with Crippen LogP contribution in [0.5, 0.6) is 0 Å². The first-order valence-corrected chi connectivity index (χ1v) is 7.80. The molecule has 1 heterocycles. The highest BCUT2D eigenvalue weighted by Crippen LogP contribution is 2.34. The molecule has 0 aromatic heterocycles. The molecule has 1 unspecified atom stereocenters. The zero-order chi connectivity index (χ0) is 12.4. The van der Waals surface area contributed by atoms with E-state index in [0.717, 1.165) is 56.8 Å². The topological polar surface area (TPSA) is 32.3 Å². The van der Waals surface area contributed by atoms with Gasteiger partial charge in [-0.3, -0.25) is 4.79 Å². The van der Waals surface area contributed by atoms with Crippen LogP contribution in [0, 0.1) is 17.8 Å². The summed E-state index contributed by atoms with van der Waals surface area (Å²) in [7, 11) is 0. The summed E-state index contributed by atoms with van der Waals surface area (Å²) in [5, 5.41) is 3.38. The van der Waals surface area contributed by atoms with Crippen molar-refractivity contribution in [2.45, 2.75) is 44.9 Å². The summed E-state index contributed by atoms with van der Waals surface area (Å²) < 4.78 is 0. The van der Waals surface area contributed by atoms with Crippen LogP contribution < -0.4 is 5.32 Å². The van der Waals surface area contributed by atoms with Gasteiger partial charge in [0.2, 0.25) is 5.91 Å². The maximum Gasteiger partial charge on any atom is 0.222 e. The molecular weight excluding hydrogens is 260 g/mol. The second-order valence-corrected chi connectivity index (χ2v) is 6.58. The smallest absolute Gasteiger partial charge is 0.222 e. The van der Waals surface area contributed by atoms with E-state index in [0.29, 0.717) is 5.91 Å². The SMILES string of the molecule is Cl.O=C(CCC1CCNC1)N(CC1CC1)CC1CC1. The average Bonchev–Trinajstić information content (AvgIpc) is 3.29. The lowest BCUT2D eigenvalue weighted by molar-refractivity contribution is -0.132. The van der Waals surface area contributed by atoms with E-state index in [4.69, 9.17) is 0 Å². The molecule has 1 aliphatic heterocycles. The van der Waals surface area contributed by atoms with Crippen molar-refractivity contribution in [3.8, 4) is 0 Å². The van der Waals surface area contributed by atoms with Crippen LogP contribution >= 0.6 is 12.4 Å². The van der Waals surface area contributed by atoms with Gasteiger partial charge in [0.15, 0.2) is 0 Å². The third-order valence-corrected chi connectivity index (χ3v) is 4.63. The summed E-state index contributed by atoms with van der Waals surface area (Å²) in [5.74, 6) is 2.85. The fraction of sp³-hybridized carbons (Fsp3) is 0.933. The molecule has 1 saturated heterocycles. The summed E-state index contributed by atoms with van der Waals surface area (Å²) in [4.78, 5) is 14.5. The number of nitrogens with one attached hydrogen (secondary N) is 1. The van der Waals surface area contributed by atoms with E-state index in [2.05, 4.69) is 10.2 Å². The van der Waals surface area contributed by atoms with Gasteiger partial charge in [-0.15, -0.1) is 12.4 Å². The molecule has 3 rings (SSSR count). The molecule has 0 bridgehead atoms. The fourth-order valence-corrected chi connectivity index (χ4v) is 2.95. The number of hydrogen-bond acceptors (Lipinski definition) is 2. The standard InChI is InChI=1S/C15H26N2O.ClH/c18-15(6-5-12-7-8-16-9-12)17(10-13-1-2-13)11-14-3-4-14;/h12-14,16H,1-11H2;1H. The van der Waals surface area contributed by atoms with Gasteiger partial charge in [-0.2, -0.15) is 0 Å². The number of carbonyl (C=O) groups is 1. The Labute approximate surface area is 122 Å². The molecule has 1 N–H and O–H groups in total. The zero-order valence-electron chi connectivity index (χ0n) is 11.8. The lowest BCUT2D eigenvalue weighted by Crippen LogP contribution is -2.34. The van der Waals surface area contributed by atoms with Gasteiger partial charge in [-0.25, -0.2) is 0 Å². The highest BCUT2D eigenvalue weighted by atomic mass is 35.5. The molecule has 0 aromatic carbocycles. The monoisotopic (exact) mass is 286 g/mol. The van der Waals surface area contributed by atoms with Crippen LogP contribution in [-0.4, -0.2) is 37.0 Å². The molecule has 3 aliphatic rings. The summed E-state index contributed by atoms with van der Waals surface area (Å²) in [6.45, 7) is 4.38. The van der Waals surface area contributed by atoms with Gasteiger partial charge in [0, 0.05) is 19.5 Å². The predicted octanol–water partition coefficient (Wildman–Crippen LogP) is 2.45. The lowest BCUT2D eigenvalue weighted by atomic mass is 10.0. The summed E-state index contributed by atoms with van der Waals surface area (Å²) in [5.41, 5.74) is 0. The summed E-state index contributed by atoms with van der Waals surface area (Å²) >= 11 is 0. The quantitative estimate of drug-likeness (QED) is 0.780. The Hall–Kier alpha value is -0.280. The van der Waals surface area contributed by atoms with Gasteiger partial charge in [-0.05, 0) is 69.4 Å². The average molecular weight is 287 g/mol. The van der Waals surface area contributed by atoms with Crippen LogP contribution in [0.1, 0.15) is 44.9 Å². The van der Waals surface area contributed by atoms with Gasteiger partial charge in [0.1, 0.15) is 0 Å². The number of rotatable bonds is 7. The van der Waals surface area contributed by atoms with Crippen LogP contribution in [0.15, 0.2) is 0 Å². The molecule has 0 radical (unpaired) electrons. The van der Waals surface area contributed by atoms with Gasteiger partial charge in [-0.1, -0.05) is 0 Å². The molecular formula is C15H27ClN2O. The summed E-state index contributed by atoms with van der Waals surface area (Å²) in [6, 6.07) is 0. The van der Waals surface area contributed by atoms with Crippen molar-refractivity contribution in [1.29, 1.82) is 0 Å². The van der Waals surface area contributed by atoms with E-state index in [1.54, 1.807) is 0 Å². The second kappa shape index (κ2) is 6.94. The molecule has 0 aromatic rings. The fourth-order valence-electron chi connectivity index (χ4n) is 2.95. The first-order chi connectivity index (χ1) is 8.81. The van der Waals surface area contributed by atoms with Crippen molar-refractivity contribution >= 4 is 18.3 Å².